The number of hydrogen-bond donors (Lipinski definition) is 1. The monoisotopic (exact) mass is 556 g/mol. The van der Waals surface area contributed by atoms with Crippen molar-refractivity contribution in [3.8, 4) is 6.07 Å². The lowest BCUT2D eigenvalue weighted by atomic mass is 9.91. The fourth-order valence-electron chi connectivity index (χ4n) is 5.60. The van der Waals surface area contributed by atoms with Crippen LogP contribution in [0.2, 0.25) is 0 Å². The Labute approximate surface area is 237 Å². The quantitative estimate of drug-likeness (QED) is 0.275. The predicted octanol–water partition coefficient (Wildman–Crippen LogP) is 6.75. The van der Waals surface area contributed by atoms with E-state index in [1.54, 1.807) is 12.1 Å². The second-order valence-electron chi connectivity index (χ2n) is 10.9. The van der Waals surface area contributed by atoms with Crippen LogP contribution in [0.3, 0.4) is 0 Å². The number of hydrogen-bond acceptors (Lipinski definition) is 6. The summed E-state index contributed by atoms with van der Waals surface area (Å²) in [6.07, 6.45) is 5.98. The van der Waals surface area contributed by atoms with E-state index in [-0.39, 0.29) is 30.1 Å². The molecule has 2 aliphatic rings. The normalized spacial score (nSPS) is 21.9. The highest BCUT2D eigenvalue weighted by molar-refractivity contribution is 5.33. The maximum Gasteiger partial charge on any atom is 0.159 e. The maximum absolute atomic E-state index is 13.9. The van der Waals surface area contributed by atoms with Gasteiger partial charge in [-0.05, 0) is 111 Å². The van der Waals surface area contributed by atoms with Crippen molar-refractivity contribution in [2.24, 2.45) is 0 Å². The fourth-order valence-corrected chi connectivity index (χ4v) is 5.60. The van der Waals surface area contributed by atoms with Gasteiger partial charge in [0.05, 0.1) is 18.6 Å². The first-order chi connectivity index (χ1) is 19.4. The molecule has 40 heavy (non-hydrogen) atoms. The zero-order chi connectivity index (χ0) is 28.3. The molecule has 2 aromatic rings. The van der Waals surface area contributed by atoms with E-state index >= 15 is 0 Å². The summed E-state index contributed by atoms with van der Waals surface area (Å²) in [5, 5.41) is 13.6. The number of nitriles is 1. The maximum atomic E-state index is 13.9. The van der Waals surface area contributed by atoms with E-state index in [9.17, 15) is 14.0 Å². The molecule has 0 radical (unpaired) electrons. The zero-order valence-corrected chi connectivity index (χ0v) is 23.7. The summed E-state index contributed by atoms with van der Waals surface area (Å²) < 4.78 is 51.7. The summed E-state index contributed by atoms with van der Waals surface area (Å²) in [5.74, 6) is -1.05. The fraction of sp³-hybridized carbons (Fsp3) is 0.594. The molecule has 8 heteroatoms. The van der Waals surface area contributed by atoms with Crippen LogP contribution in [-0.2, 0) is 18.9 Å². The lowest BCUT2D eigenvalue weighted by Crippen LogP contribution is -2.40. The van der Waals surface area contributed by atoms with Crippen molar-refractivity contribution in [3.63, 3.8) is 0 Å². The number of nitrogens with zero attached hydrogens (tertiary/aromatic N) is 1. The van der Waals surface area contributed by atoms with Gasteiger partial charge in [0.1, 0.15) is 17.9 Å². The molecule has 5 atom stereocenters. The average molecular weight is 557 g/mol. The highest BCUT2D eigenvalue weighted by Gasteiger charge is 2.26. The van der Waals surface area contributed by atoms with Gasteiger partial charge in [-0.1, -0.05) is 12.1 Å². The van der Waals surface area contributed by atoms with Gasteiger partial charge in [0.15, 0.2) is 12.6 Å². The number of halogens is 2. The van der Waals surface area contributed by atoms with Crippen molar-refractivity contribution in [2.75, 3.05) is 26.4 Å². The number of nitrogens with one attached hydrogen (secondary N) is 1. The van der Waals surface area contributed by atoms with E-state index in [0.717, 1.165) is 67.4 Å². The van der Waals surface area contributed by atoms with E-state index in [2.05, 4.69) is 11.4 Å². The van der Waals surface area contributed by atoms with Crippen LogP contribution in [0.5, 0.6) is 0 Å². The van der Waals surface area contributed by atoms with Gasteiger partial charge in [-0.3, -0.25) is 5.32 Å². The largest absolute Gasteiger partial charge is 0.353 e. The molecule has 2 aliphatic heterocycles. The Balaban J connectivity index is 1.48. The van der Waals surface area contributed by atoms with Crippen LogP contribution < -0.4 is 5.32 Å². The van der Waals surface area contributed by atoms with Crippen molar-refractivity contribution in [3.05, 3.63) is 70.3 Å². The third kappa shape index (κ3) is 9.05. The van der Waals surface area contributed by atoms with Gasteiger partial charge in [-0.15, -0.1) is 0 Å². The summed E-state index contributed by atoms with van der Waals surface area (Å²) in [7, 11) is 0. The van der Waals surface area contributed by atoms with Crippen LogP contribution in [0, 0.1) is 36.8 Å². The van der Waals surface area contributed by atoms with Crippen LogP contribution in [0.15, 0.2) is 36.4 Å². The van der Waals surface area contributed by atoms with Gasteiger partial charge in [0.25, 0.3) is 0 Å². The molecule has 6 nitrogen and oxygen atoms in total. The SMILES string of the molecule is Cc1cc(F)ccc1C(C#N)CC(NCC(CCOC1CCCCO1)c1ccc(F)cc1C)OC1CCCCO1. The molecular weight excluding hydrogens is 514 g/mol. The zero-order valence-electron chi connectivity index (χ0n) is 23.7. The summed E-state index contributed by atoms with van der Waals surface area (Å²) >= 11 is 0. The highest BCUT2D eigenvalue weighted by atomic mass is 19.1. The molecule has 0 saturated carbocycles. The lowest BCUT2D eigenvalue weighted by Gasteiger charge is -2.31. The van der Waals surface area contributed by atoms with Gasteiger partial charge in [0.2, 0.25) is 0 Å². The molecule has 218 valence electrons. The molecule has 4 rings (SSSR count). The molecule has 2 saturated heterocycles. The minimum Gasteiger partial charge on any atom is -0.353 e. The number of benzene rings is 2. The van der Waals surface area contributed by atoms with Crippen molar-refractivity contribution in [1.29, 1.82) is 5.26 Å². The summed E-state index contributed by atoms with van der Waals surface area (Å²) in [5.41, 5.74) is 3.45. The summed E-state index contributed by atoms with van der Waals surface area (Å²) in [6.45, 7) is 6.17. The first kappa shape index (κ1) is 30.5. The first-order valence-electron chi connectivity index (χ1n) is 14.6. The molecule has 0 amide bonds. The molecule has 1 N–H and O–H groups in total. The Morgan fingerprint density at radius 3 is 2.12 bits per heavy atom. The van der Waals surface area contributed by atoms with Crippen molar-refractivity contribution >= 4 is 0 Å². The van der Waals surface area contributed by atoms with E-state index in [4.69, 9.17) is 18.9 Å². The third-order valence-corrected chi connectivity index (χ3v) is 7.84. The predicted molar refractivity (Wildman–Crippen MR) is 149 cm³/mol. The van der Waals surface area contributed by atoms with Crippen LogP contribution >= 0.6 is 0 Å². The molecule has 0 spiro atoms. The Kier molecular flexibility index (Phi) is 11.9. The van der Waals surface area contributed by atoms with Gasteiger partial charge in [0, 0.05) is 26.2 Å². The van der Waals surface area contributed by atoms with Crippen molar-refractivity contribution < 1.29 is 27.7 Å². The lowest BCUT2D eigenvalue weighted by molar-refractivity contribution is -0.196. The van der Waals surface area contributed by atoms with Crippen LogP contribution in [0.25, 0.3) is 0 Å². The summed E-state index contributed by atoms with van der Waals surface area (Å²) in [4.78, 5) is 0. The minimum absolute atomic E-state index is 0.0238. The highest BCUT2D eigenvalue weighted by Crippen LogP contribution is 2.29. The minimum atomic E-state index is -0.487. The Hall–Kier alpha value is -2.41. The molecular formula is C32H42F2N2O4. The van der Waals surface area contributed by atoms with E-state index in [1.165, 1.54) is 18.2 Å². The molecule has 2 fully saturated rings. The molecule has 2 aromatic carbocycles. The standard InChI is InChI=1S/C32H42F2N2O4/c1-22-17-26(33)9-11-28(22)24(13-16-39-31-7-3-5-14-37-31)21-36-30(40-32-8-4-6-15-38-32)19-25(20-35)29-12-10-27(34)18-23(29)2/h9-12,17-18,24-25,30-32,36H,3-8,13-16,19,21H2,1-2H3. The van der Waals surface area contributed by atoms with Crippen molar-refractivity contribution in [2.45, 2.75) is 95.9 Å². The van der Waals surface area contributed by atoms with Crippen LogP contribution in [0.4, 0.5) is 8.78 Å². The van der Waals surface area contributed by atoms with Crippen LogP contribution in [0.1, 0.15) is 85.5 Å². The Morgan fingerprint density at radius 1 is 0.925 bits per heavy atom. The van der Waals surface area contributed by atoms with Gasteiger partial charge in [-0.25, -0.2) is 8.78 Å². The molecule has 5 unspecified atom stereocenters. The number of aryl methyl sites for hydroxylation is 2. The van der Waals surface area contributed by atoms with E-state index < -0.39 is 12.1 Å². The van der Waals surface area contributed by atoms with Crippen molar-refractivity contribution in [1.82, 2.24) is 5.32 Å². The average Bonchev–Trinajstić information content (AvgIpc) is 2.95. The van der Waals surface area contributed by atoms with Crippen LogP contribution in [-0.4, -0.2) is 45.2 Å². The van der Waals surface area contributed by atoms with Gasteiger partial charge >= 0.3 is 0 Å². The molecule has 2 heterocycles. The molecule has 0 aromatic heterocycles. The molecule has 0 bridgehead atoms. The smallest absolute Gasteiger partial charge is 0.159 e. The Bertz CT molecular complexity index is 1110. The number of rotatable bonds is 13. The van der Waals surface area contributed by atoms with Gasteiger partial charge in [-0.2, -0.15) is 5.26 Å². The summed E-state index contributed by atoms with van der Waals surface area (Å²) in [6, 6.07) is 11.8. The first-order valence-corrected chi connectivity index (χ1v) is 14.6. The third-order valence-electron chi connectivity index (χ3n) is 7.84. The van der Waals surface area contributed by atoms with Gasteiger partial charge < -0.3 is 18.9 Å². The second-order valence-corrected chi connectivity index (χ2v) is 10.9. The Morgan fingerprint density at radius 2 is 1.55 bits per heavy atom. The molecule has 0 aliphatic carbocycles. The van der Waals surface area contributed by atoms with E-state index in [1.807, 2.05) is 19.9 Å². The second kappa shape index (κ2) is 15.6. The van der Waals surface area contributed by atoms with E-state index in [0.29, 0.717) is 32.6 Å². The number of ether oxygens (including phenoxy) is 4. The topological polar surface area (TPSA) is 72.7 Å².